The van der Waals surface area contributed by atoms with Crippen molar-refractivity contribution in [1.29, 1.82) is 5.26 Å². The van der Waals surface area contributed by atoms with Gasteiger partial charge < -0.3 is 15.4 Å². The molecule has 2 N–H and O–H groups in total. The number of nitriles is 1. The maximum atomic E-state index is 13.3. The molecule has 0 aromatic heterocycles. The average molecular weight is 548 g/mol. The highest BCUT2D eigenvalue weighted by molar-refractivity contribution is 8.03. The summed E-state index contributed by atoms with van der Waals surface area (Å²) in [6.07, 6.45) is 0. The quantitative estimate of drug-likeness (QED) is 0.322. The second-order valence-electron chi connectivity index (χ2n) is 8.38. The number of anilines is 1. The van der Waals surface area contributed by atoms with Crippen molar-refractivity contribution in [3.05, 3.63) is 123 Å². The normalized spacial score (nSPS) is 14.9. The van der Waals surface area contributed by atoms with Crippen molar-refractivity contribution >= 4 is 40.9 Å². The molecule has 0 spiro atoms. The molecule has 9 heteroatoms. The average Bonchev–Trinajstić information content (AvgIpc) is 2.92. The fraction of sp³-hybridized carbons (Fsp3) is 0.138. The van der Waals surface area contributed by atoms with Crippen molar-refractivity contribution < 1.29 is 18.7 Å². The molecule has 0 fully saturated rings. The van der Waals surface area contributed by atoms with E-state index in [1.54, 1.807) is 31.2 Å². The van der Waals surface area contributed by atoms with E-state index in [0.717, 1.165) is 17.3 Å². The van der Waals surface area contributed by atoms with Gasteiger partial charge in [0.15, 0.2) is 0 Å². The minimum absolute atomic E-state index is 0.0266. The molecule has 6 nitrogen and oxygen atoms in total. The zero-order chi connectivity index (χ0) is 27.1. The molecular formula is C29H23ClFN3O3S. The number of carbonyl (C=O) groups is 2. The second kappa shape index (κ2) is 12.5. The molecule has 1 aliphatic rings. The minimum Gasteiger partial charge on any atom is -0.457 e. The number of halogens is 2. The van der Waals surface area contributed by atoms with Gasteiger partial charge in [-0.25, -0.2) is 9.18 Å². The molecule has 0 bridgehead atoms. The van der Waals surface area contributed by atoms with Crippen LogP contribution in [-0.2, 0) is 20.9 Å². The van der Waals surface area contributed by atoms with Crippen LogP contribution in [0.2, 0.25) is 5.02 Å². The van der Waals surface area contributed by atoms with Crippen LogP contribution >= 0.6 is 23.4 Å². The number of amides is 1. The smallest absolute Gasteiger partial charge is 0.337 e. The summed E-state index contributed by atoms with van der Waals surface area (Å²) < 4.78 is 18.8. The standard InChI is InChI=1S/C29H23ClFN3O3S/c1-18-26(29(36)37-16-19-7-3-2-4-8-19)27(22-9-5-6-10-24(22)30)23(15-32)28(33-18)38-17-25(35)34-21-13-11-20(31)12-14-21/h2-14,27,33H,16-17H2,1H3,(H,34,35)/t27-/m1/s1. The minimum atomic E-state index is -0.791. The van der Waals surface area contributed by atoms with Gasteiger partial charge in [-0.05, 0) is 48.4 Å². The van der Waals surface area contributed by atoms with E-state index in [1.165, 1.54) is 24.3 Å². The second-order valence-corrected chi connectivity index (χ2v) is 9.77. The van der Waals surface area contributed by atoms with Gasteiger partial charge in [-0.3, -0.25) is 4.79 Å². The first-order valence-corrected chi connectivity index (χ1v) is 13.0. The maximum absolute atomic E-state index is 13.3. The van der Waals surface area contributed by atoms with Gasteiger partial charge in [0, 0.05) is 16.4 Å². The fourth-order valence-electron chi connectivity index (χ4n) is 3.99. The molecule has 1 aliphatic heterocycles. The number of hydrogen-bond acceptors (Lipinski definition) is 6. The van der Waals surface area contributed by atoms with Crippen LogP contribution in [0.15, 0.2) is 101 Å². The summed E-state index contributed by atoms with van der Waals surface area (Å²) in [4.78, 5) is 25.9. The first kappa shape index (κ1) is 27.0. The van der Waals surface area contributed by atoms with Crippen LogP contribution in [-0.4, -0.2) is 17.6 Å². The lowest BCUT2D eigenvalue weighted by Crippen LogP contribution is -2.29. The monoisotopic (exact) mass is 547 g/mol. The molecule has 0 radical (unpaired) electrons. The summed E-state index contributed by atoms with van der Waals surface area (Å²) in [6.45, 7) is 1.79. The van der Waals surface area contributed by atoms with Crippen molar-refractivity contribution in [3.8, 4) is 6.07 Å². The Labute approximate surface area is 229 Å². The highest BCUT2D eigenvalue weighted by Crippen LogP contribution is 2.43. The van der Waals surface area contributed by atoms with Crippen LogP contribution in [0.5, 0.6) is 0 Å². The topological polar surface area (TPSA) is 91.2 Å². The van der Waals surface area contributed by atoms with Crippen LogP contribution in [0.1, 0.15) is 24.0 Å². The molecule has 38 heavy (non-hydrogen) atoms. The van der Waals surface area contributed by atoms with Gasteiger partial charge in [0.25, 0.3) is 0 Å². The van der Waals surface area contributed by atoms with Crippen LogP contribution < -0.4 is 10.6 Å². The fourth-order valence-corrected chi connectivity index (χ4v) is 5.12. The number of nitrogens with zero attached hydrogens (tertiary/aromatic N) is 1. The molecule has 0 saturated heterocycles. The van der Waals surface area contributed by atoms with E-state index in [1.807, 2.05) is 30.3 Å². The molecule has 1 heterocycles. The zero-order valence-electron chi connectivity index (χ0n) is 20.3. The number of dihydropyridines is 1. The number of hydrogen-bond donors (Lipinski definition) is 2. The summed E-state index contributed by atoms with van der Waals surface area (Å²) in [6, 6.07) is 23.9. The van der Waals surface area contributed by atoms with Gasteiger partial charge >= 0.3 is 5.97 Å². The Balaban J connectivity index is 1.60. The number of benzene rings is 3. The molecule has 0 saturated carbocycles. The molecule has 192 valence electrons. The first-order chi connectivity index (χ1) is 18.4. The number of nitrogens with one attached hydrogen (secondary N) is 2. The summed E-state index contributed by atoms with van der Waals surface area (Å²) >= 11 is 7.65. The molecule has 3 aromatic rings. The number of ether oxygens (including phenoxy) is 1. The van der Waals surface area contributed by atoms with Crippen LogP contribution in [0, 0.1) is 17.1 Å². The number of carbonyl (C=O) groups excluding carboxylic acids is 2. The summed E-state index contributed by atoms with van der Waals surface area (Å²) in [5.41, 5.74) is 2.87. The Kier molecular flexibility index (Phi) is 8.85. The summed E-state index contributed by atoms with van der Waals surface area (Å²) in [7, 11) is 0. The molecular weight excluding hydrogens is 525 g/mol. The van der Waals surface area contributed by atoms with Gasteiger partial charge in [-0.1, -0.05) is 71.9 Å². The Morgan fingerprint density at radius 2 is 1.76 bits per heavy atom. The molecule has 0 aliphatic carbocycles. The summed E-state index contributed by atoms with van der Waals surface area (Å²) in [5.74, 6) is -2.13. The molecule has 4 rings (SSSR count). The molecule has 1 amide bonds. The first-order valence-electron chi connectivity index (χ1n) is 11.6. The predicted octanol–water partition coefficient (Wildman–Crippen LogP) is 6.29. The van der Waals surface area contributed by atoms with Crippen molar-refractivity contribution in [3.63, 3.8) is 0 Å². The van der Waals surface area contributed by atoms with Gasteiger partial charge in [0.2, 0.25) is 5.91 Å². The molecule has 0 unspecified atom stereocenters. The maximum Gasteiger partial charge on any atom is 0.337 e. The Bertz CT molecular complexity index is 1450. The van der Waals surface area contributed by atoms with Crippen molar-refractivity contribution in [2.75, 3.05) is 11.1 Å². The largest absolute Gasteiger partial charge is 0.457 e. The Morgan fingerprint density at radius 1 is 1.08 bits per heavy atom. The lowest BCUT2D eigenvalue weighted by Gasteiger charge is -2.29. The van der Waals surface area contributed by atoms with Gasteiger partial charge in [0.05, 0.1) is 33.9 Å². The Morgan fingerprint density at radius 3 is 2.45 bits per heavy atom. The zero-order valence-corrected chi connectivity index (χ0v) is 21.9. The number of esters is 1. The third kappa shape index (κ3) is 6.43. The number of allylic oxidation sites excluding steroid dienone is 2. The molecule has 3 aromatic carbocycles. The predicted molar refractivity (Wildman–Crippen MR) is 146 cm³/mol. The summed E-state index contributed by atoms with van der Waals surface area (Å²) in [5, 5.41) is 16.8. The third-order valence-electron chi connectivity index (χ3n) is 5.77. The number of thioether (sulfide) groups is 1. The van der Waals surface area contributed by atoms with E-state index in [-0.39, 0.29) is 29.4 Å². The van der Waals surface area contributed by atoms with Gasteiger partial charge in [-0.2, -0.15) is 5.26 Å². The Hall–Kier alpha value is -4.06. The van der Waals surface area contributed by atoms with E-state index in [0.29, 0.717) is 27.0 Å². The van der Waals surface area contributed by atoms with Crippen LogP contribution in [0.3, 0.4) is 0 Å². The van der Waals surface area contributed by atoms with Crippen molar-refractivity contribution in [2.45, 2.75) is 19.4 Å². The molecule has 1 atom stereocenters. The van der Waals surface area contributed by atoms with E-state index >= 15 is 0 Å². The highest BCUT2D eigenvalue weighted by atomic mass is 35.5. The van der Waals surface area contributed by atoms with E-state index in [9.17, 15) is 19.2 Å². The lowest BCUT2D eigenvalue weighted by molar-refractivity contribution is -0.140. The van der Waals surface area contributed by atoms with Crippen LogP contribution in [0.4, 0.5) is 10.1 Å². The lowest BCUT2D eigenvalue weighted by atomic mass is 9.82. The number of rotatable bonds is 8. The van der Waals surface area contributed by atoms with E-state index in [4.69, 9.17) is 16.3 Å². The third-order valence-corrected chi connectivity index (χ3v) is 7.13. The van der Waals surface area contributed by atoms with Gasteiger partial charge in [-0.15, -0.1) is 0 Å². The van der Waals surface area contributed by atoms with Crippen molar-refractivity contribution in [2.24, 2.45) is 0 Å². The van der Waals surface area contributed by atoms with Crippen molar-refractivity contribution in [1.82, 2.24) is 5.32 Å². The van der Waals surface area contributed by atoms with E-state index in [2.05, 4.69) is 16.7 Å². The van der Waals surface area contributed by atoms with E-state index < -0.39 is 17.7 Å². The highest BCUT2D eigenvalue weighted by Gasteiger charge is 2.36. The van der Waals surface area contributed by atoms with Crippen LogP contribution in [0.25, 0.3) is 0 Å². The SMILES string of the molecule is CC1=C(C(=O)OCc2ccccc2)[C@H](c2ccccc2Cl)C(C#N)=C(SCC(=O)Nc2ccc(F)cc2)N1. The van der Waals surface area contributed by atoms with Gasteiger partial charge in [0.1, 0.15) is 12.4 Å².